The number of amides is 2. The molecule has 0 saturated heterocycles. The molecule has 334 valence electrons. The highest BCUT2D eigenvalue weighted by atomic mass is 19.4. The van der Waals surface area contributed by atoms with Crippen molar-refractivity contribution in [2.75, 3.05) is 77.6 Å². The van der Waals surface area contributed by atoms with Gasteiger partial charge < -0.3 is 44.5 Å². The van der Waals surface area contributed by atoms with Crippen LogP contribution in [0.3, 0.4) is 0 Å². The zero-order valence-electron chi connectivity index (χ0n) is 34.5. The fraction of sp³-hybridized carbons (Fsp3) is 0.311. The normalized spacial score (nSPS) is 12.4. The number of carboxylic acids is 2. The number of hydrogen-bond donors (Lipinski definition) is 4. The summed E-state index contributed by atoms with van der Waals surface area (Å²) in [4.78, 5) is 54.0. The largest absolute Gasteiger partial charge is 0.493 e. The number of nitrogens with zero attached hydrogens (tertiary/aromatic N) is 2. The lowest BCUT2D eigenvalue weighted by Crippen LogP contribution is -2.32. The number of aliphatic carboxylic acids is 1. The van der Waals surface area contributed by atoms with Gasteiger partial charge in [0.05, 0.1) is 56.9 Å². The minimum Gasteiger partial charge on any atom is -0.493 e. The van der Waals surface area contributed by atoms with E-state index in [9.17, 15) is 32.7 Å². The van der Waals surface area contributed by atoms with Crippen LogP contribution in [0.1, 0.15) is 47.9 Å². The van der Waals surface area contributed by atoms with Crippen molar-refractivity contribution in [1.82, 2.24) is 9.88 Å². The molecular weight excluding hydrogens is 830 g/mol. The topological polar surface area (TPSA) is 195 Å². The number of alkyl halides is 3. The molecule has 0 saturated carbocycles. The number of hydrogen-bond acceptors (Lipinski definition) is 11. The molecule has 2 heterocycles. The van der Waals surface area contributed by atoms with Gasteiger partial charge in [0, 0.05) is 43.4 Å². The molecule has 4 aromatic carbocycles. The van der Waals surface area contributed by atoms with Crippen molar-refractivity contribution in [3.8, 4) is 11.5 Å². The average molecular weight is 877 g/mol. The second-order valence-corrected chi connectivity index (χ2v) is 14.0. The van der Waals surface area contributed by atoms with Crippen LogP contribution < -0.4 is 20.1 Å². The highest BCUT2D eigenvalue weighted by Crippen LogP contribution is 2.34. The number of aromatic nitrogens is 1. The Morgan fingerprint density at radius 3 is 2.13 bits per heavy atom. The molecule has 15 nitrogen and oxygen atoms in total. The fourth-order valence-corrected chi connectivity index (χ4v) is 6.36. The number of benzene rings is 4. The third-order valence-electron chi connectivity index (χ3n) is 9.63. The summed E-state index contributed by atoms with van der Waals surface area (Å²) in [6.07, 6.45) is -3.36. The molecular formula is C45H47F3N4O11. The Balaban J connectivity index is 0.000000985. The Labute approximate surface area is 360 Å². The molecule has 0 fully saturated rings. The summed E-state index contributed by atoms with van der Waals surface area (Å²) in [5.74, 6) is -3.62. The number of carbonyl (C=O) groups is 4. The standard InChI is InChI=1S/C43H46N4O9.C2HF3O2/c1-52-19-20-54-21-22-55-23-24-56-40-26-31-16-18-47(28-33(31)27-39(40)53-2)17-15-29-7-11-34(12-8-29)44-41(48)32-9-13-35(43(50)51)38(25-32)46-42(49)37-14-10-30-5-3-4-6-36(30)45-37;3-2(4,5)1(6)7/h3-14,25-27H,15-24,28H2,1-2H3,(H,44,48)(H,46,49)(H,50,51);(H,6,7). The Bertz CT molecular complexity index is 2360. The van der Waals surface area contributed by atoms with Crippen LogP contribution in [0.2, 0.25) is 0 Å². The summed E-state index contributed by atoms with van der Waals surface area (Å²) >= 11 is 0. The molecule has 2 amide bonds. The molecule has 6 rings (SSSR count). The van der Waals surface area contributed by atoms with Gasteiger partial charge in [0.2, 0.25) is 0 Å². The van der Waals surface area contributed by atoms with Crippen molar-refractivity contribution < 1.29 is 66.2 Å². The number of ether oxygens (including phenoxy) is 5. The molecule has 1 aliphatic rings. The lowest BCUT2D eigenvalue weighted by Gasteiger charge is -2.29. The summed E-state index contributed by atoms with van der Waals surface area (Å²) in [6.45, 7) is 5.55. The molecule has 0 spiro atoms. The van der Waals surface area contributed by atoms with Crippen LogP contribution in [0.4, 0.5) is 24.5 Å². The zero-order chi connectivity index (χ0) is 45.4. The second-order valence-electron chi connectivity index (χ2n) is 14.0. The summed E-state index contributed by atoms with van der Waals surface area (Å²) in [6, 6.07) is 26.5. The molecule has 4 N–H and O–H groups in total. The first-order chi connectivity index (χ1) is 30.2. The van der Waals surface area contributed by atoms with Crippen molar-refractivity contribution in [1.29, 1.82) is 0 Å². The van der Waals surface area contributed by atoms with Crippen molar-refractivity contribution in [2.45, 2.75) is 25.6 Å². The summed E-state index contributed by atoms with van der Waals surface area (Å²) in [5.41, 5.74) is 4.95. The van der Waals surface area contributed by atoms with Crippen molar-refractivity contribution >= 4 is 46.0 Å². The molecule has 63 heavy (non-hydrogen) atoms. The Kier molecular flexibility index (Phi) is 17.3. The van der Waals surface area contributed by atoms with Crippen LogP contribution in [0, 0.1) is 0 Å². The maximum Gasteiger partial charge on any atom is 0.490 e. The number of para-hydroxylation sites is 1. The number of pyridine rings is 1. The molecule has 0 aliphatic carbocycles. The van der Waals surface area contributed by atoms with Crippen LogP contribution in [-0.2, 0) is 38.4 Å². The molecule has 0 atom stereocenters. The van der Waals surface area contributed by atoms with E-state index in [1.54, 1.807) is 32.4 Å². The van der Waals surface area contributed by atoms with E-state index in [1.807, 2.05) is 42.5 Å². The number of carbonyl (C=O) groups excluding carboxylic acids is 2. The maximum atomic E-state index is 13.2. The first-order valence-corrected chi connectivity index (χ1v) is 19.7. The lowest BCUT2D eigenvalue weighted by molar-refractivity contribution is -0.192. The van der Waals surface area contributed by atoms with Crippen molar-refractivity contribution in [2.24, 2.45) is 0 Å². The highest BCUT2D eigenvalue weighted by Gasteiger charge is 2.38. The molecule has 18 heteroatoms. The second kappa shape index (κ2) is 23.0. The van der Waals surface area contributed by atoms with Gasteiger partial charge in [-0.05, 0) is 84.1 Å². The number of fused-ring (bicyclic) bond motifs is 2. The van der Waals surface area contributed by atoms with Gasteiger partial charge in [-0.3, -0.25) is 14.5 Å². The Hall–Kier alpha value is -6.60. The fourth-order valence-electron chi connectivity index (χ4n) is 6.36. The minimum atomic E-state index is -5.08. The van der Waals surface area contributed by atoms with Crippen LogP contribution >= 0.6 is 0 Å². The van der Waals surface area contributed by atoms with Gasteiger partial charge in [0.1, 0.15) is 12.3 Å². The van der Waals surface area contributed by atoms with Gasteiger partial charge in [-0.15, -0.1) is 0 Å². The van der Waals surface area contributed by atoms with Gasteiger partial charge in [0.15, 0.2) is 11.5 Å². The number of carboxylic acid groups (broad SMARTS) is 2. The van der Waals surface area contributed by atoms with E-state index in [4.69, 9.17) is 33.6 Å². The van der Waals surface area contributed by atoms with Gasteiger partial charge >= 0.3 is 18.1 Å². The number of methoxy groups -OCH3 is 2. The van der Waals surface area contributed by atoms with E-state index in [1.165, 1.54) is 29.3 Å². The van der Waals surface area contributed by atoms with E-state index in [0.717, 1.165) is 43.4 Å². The number of rotatable bonds is 19. The minimum absolute atomic E-state index is 0.00881. The third kappa shape index (κ3) is 14.2. The quantitative estimate of drug-likeness (QED) is 0.0638. The Morgan fingerprint density at radius 1 is 0.762 bits per heavy atom. The van der Waals surface area contributed by atoms with E-state index < -0.39 is 29.9 Å². The summed E-state index contributed by atoms with van der Waals surface area (Å²) in [5, 5.41) is 23.2. The van der Waals surface area contributed by atoms with Gasteiger partial charge in [-0.25, -0.2) is 14.6 Å². The maximum absolute atomic E-state index is 13.2. The predicted molar refractivity (Wildman–Crippen MR) is 226 cm³/mol. The zero-order valence-corrected chi connectivity index (χ0v) is 34.5. The third-order valence-corrected chi connectivity index (χ3v) is 9.63. The van der Waals surface area contributed by atoms with Crippen LogP contribution in [0.5, 0.6) is 11.5 Å². The summed E-state index contributed by atoms with van der Waals surface area (Å²) in [7, 11) is 3.29. The van der Waals surface area contributed by atoms with Crippen LogP contribution in [-0.4, -0.2) is 117 Å². The SMILES string of the molecule is COCCOCCOCCOc1cc2c(cc1OC)CN(CCc1ccc(NC(=O)c3ccc(C(=O)O)c(NC(=O)c4ccc5ccccc5n4)c3)cc1)CC2.O=C(O)C(F)(F)F. The molecule has 1 aliphatic heterocycles. The van der Waals surface area contributed by atoms with Crippen LogP contribution in [0.15, 0.2) is 91.0 Å². The van der Waals surface area contributed by atoms with E-state index in [2.05, 4.69) is 32.7 Å². The molecule has 0 radical (unpaired) electrons. The Morgan fingerprint density at radius 2 is 1.44 bits per heavy atom. The number of aromatic carboxylic acids is 1. The lowest BCUT2D eigenvalue weighted by atomic mass is 9.98. The van der Waals surface area contributed by atoms with Crippen molar-refractivity contribution in [3.63, 3.8) is 0 Å². The van der Waals surface area contributed by atoms with Crippen LogP contribution in [0.25, 0.3) is 10.9 Å². The molecule has 1 aromatic heterocycles. The first kappa shape index (κ1) is 47.4. The van der Waals surface area contributed by atoms with E-state index in [0.29, 0.717) is 62.3 Å². The average Bonchev–Trinajstić information content (AvgIpc) is 3.27. The number of halogens is 3. The van der Waals surface area contributed by atoms with Gasteiger partial charge in [-0.2, -0.15) is 13.2 Å². The monoisotopic (exact) mass is 876 g/mol. The van der Waals surface area contributed by atoms with Gasteiger partial charge in [-0.1, -0.05) is 36.4 Å². The predicted octanol–water partition coefficient (Wildman–Crippen LogP) is 6.74. The smallest absolute Gasteiger partial charge is 0.490 e. The van der Waals surface area contributed by atoms with Crippen molar-refractivity contribution in [3.05, 3.63) is 125 Å². The molecule has 5 aromatic rings. The molecule has 0 bridgehead atoms. The summed E-state index contributed by atoms with van der Waals surface area (Å²) < 4.78 is 59.3. The molecule has 0 unspecified atom stereocenters. The first-order valence-electron chi connectivity index (χ1n) is 19.7. The van der Waals surface area contributed by atoms with E-state index >= 15 is 0 Å². The van der Waals surface area contributed by atoms with E-state index in [-0.39, 0.29) is 22.5 Å². The number of nitrogens with one attached hydrogen (secondary N) is 2. The number of anilines is 2. The highest BCUT2D eigenvalue weighted by molar-refractivity contribution is 6.10. The van der Waals surface area contributed by atoms with Gasteiger partial charge in [0.25, 0.3) is 11.8 Å².